The first-order chi connectivity index (χ1) is 13.8. The van der Waals surface area contributed by atoms with Crippen molar-refractivity contribution in [2.75, 3.05) is 26.2 Å². The fraction of sp³-hybridized carbons (Fsp3) is 0.381. The molecule has 8 heteroatoms. The Balaban J connectivity index is 1.54. The van der Waals surface area contributed by atoms with Crippen molar-refractivity contribution in [1.29, 1.82) is 0 Å². The van der Waals surface area contributed by atoms with Crippen molar-refractivity contribution in [2.45, 2.75) is 31.3 Å². The molecule has 0 unspecified atom stereocenters. The van der Waals surface area contributed by atoms with Crippen LogP contribution in [0.25, 0.3) is 0 Å². The zero-order valence-corrected chi connectivity index (χ0v) is 17.5. The normalized spacial score (nSPS) is 16.6. The highest BCUT2D eigenvalue weighted by Crippen LogP contribution is 2.11. The van der Waals surface area contributed by atoms with Gasteiger partial charge in [0.15, 0.2) is 0 Å². The van der Waals surface area contributed by atoms with Crippen LogP contribution in [0, 0.1) is 12.7 Å². The molecular weight excluding hydrogens is 393 g/mol. The summed E-state index contributed by atoms with van der Waals surface area (Å²) in [6, 6.07) is 11.9. The first-order valence-corrected chi connectivity index (χ1v) is 11.2. The average molecular weight is 421 g/mol. The molecule has 6 nitrogen and oxygen atoms in total. The number of hydrogen-bond acceptors (Lipinski definition) is 3. The minimum Gasteiger partial charge on any atom is -0.330 e. The quantitative estimate of drug-likeness (QED) is 0.724. The number of sulfonamides is 1. The molecule has 0 aromatic heterocycles. The van der Waals surface area contributed by atoms with E-state index in [1.54, 1.807) is 4.90 Å². The molecular formula is C21H27FN3O3S+. The Morgan fingerprint density at radius 3 is 2.38 bits per heavy atom. The van der Waals surface area contributed by atoms with Crippen LogP contribution in [0.3, 0.4) is 0 Å². The molecule has 3 rings (SSSR count). The minimum atomic E-state index is -3.89. The summed E-state index contributed by atoms with van der Waals surface area (Å²) in [6.45, 7) is 7.36. The number of aryl methyl sites for hydroxylation is 1. The summed E-state index contributed by atoms with van der Waals surface area (Å²) in [4.78, 5) is 15.8. The zero-order valence-electron chi connectivity index (χ0n) is 16.7. The Labute approximate surface area is 171 Å². The van der Waals surface area contributed by atoms with Gasteiger partial charge in [-0.3, -0.25) is 4.79 Å². The fourth-order valence-electron chi connectivity index (χ4n) is 3.54. The van der Waals surface area contributed by atoms with E-state index in [1.165, 1.54) is 35.1 Å². The van der Waals surface area contributed by atoms with Gasteiger partial charge in [0.2, 0.25) is 15.9 Å². The maximum atomic E-state index is 13.0. The third kappa shape index (κ3) is 5.41. The molecule has 29 heavy (non-hydrogen) atoms. The number of nitrogens with one attached hydrogen (secondary N) is 2. The Morgan fingerprint density at radius 1 is 1.14 bits per heavy atom. The Morgan fingerprint density at radius 2 is 1.76 bits per heavy atom. The summed E-state index contributed by atoms with van der Waals surface area (Å²) < 4.78 is 40.3. The first kappa shape index (κ1) is 21.4. The maximum absolute atomic E-state index is 13.0. The molecule has 2 aromatic rings. The molecule has 1 aliphatic rings. The predicted molar refractivity (Wildman–Crippen MR) is 108 cm³/mol. The van der Waals surface area contributed by atoms with Crippen molar-refractivity contribution in [2.24, 2.45) is 0 Å². The second-order valence-corrected chi connectivity index (χ2v) is 9.19. The van der Waals surface area contributed by atoms with E-state index in [9.17, 15) is 17.6 Å². The van der Waals surface area contributed by atoms with Crippen molar-refractivity contribution in [1.82, 2.24) is 9.62 Å². The largest absolute Gasteiger partial charge is 0.330 e. The molecule has 2 N–H and O–H groups in total. The van der Waals surface area contributed by atoms with Crippen LogP contribution >= 0.6 is 0 Å². The maximum Gasteiger partial charge on any atom is 0.241 e. The number of piperazine rings is 1. The molecule has 1 heterocycles. The van der Waals surface area contributed by atoms with Gasteiger partial charge in [-0.15, -0.1) is 0 Å². The third-order valence-corrected chi connectivity index (χ3v) is 6.87. The lowest BCUT2D eigenvalue weighted by atomic mass is 10.1. The highest BCUT2D eigenvalue weighted by Gasteiger charge is 2.29. The van der Waals surface area contributed by atoms with Crippen LogP contribution in [-0.2, 0) is 21.4 Å². The van der Waals surface area contributed by atoms with E-state index in [-0.39, 0.29) is 10.8 Å². The average Bonchev–Trinajstić information content (AvgIpc) is 2.70. The Kier molecular flexibility index (Phi) is 6.66. The van der Waals surface area contributed by atoms with Gasteiger partial charge in [-0.2, -0.15) is 4.72 Å². The summed E-state index contributed by atoms with van der Waals surface area (Å²) in [5.74, 6) is -0.759. The van der Waals surface area contributed by atoms with Gasteiger partial charge in [0.05, 0.1) is 37.1 Å². The molecule has 156 valence electrons. The van der Waals surface area contributed by atoms with Crippen molar-refractivity contribution < 1.29 is 22.5 Å². The van der Waals surface area contributed by atoms with Crippen LogP contribution in [0.4, 0.5) is 4.39 Å². The van der Waals surface area contributed by atoms with Crippen molar-refractivity contribution >= 4 is 15.9 Å². The molecule has 1 aliphatic heterocycles. The number of benzene rings is 2. The van der Waals surface area contributed by atoms with E-state index in [1.807, 2.05) is 12.1 Å². The van der Waals surface area contributed by atoms with Crippen LogP contribution in [0.5, 0.6) is 0 Å². The van der Waals surface area contributed by atoms with E-state index in [0.29, 0.717) is 13.1 Å². The lowest BCUT2D eigenvalue weighted by molar-refractivity contribution is -0.917. The highest BCUT2D eigenvalue weighted by atomic mass is 32.2. The Hall–Kier alpha value is -2.29. The minimum absolute atomic E-state index is 0.0638. The first-order valence-electron chi connectivity index (χ1n) is 9.71. The van der Waals surface area contributed by atoms with Gasteiger partial charge in [-0.1, -0.05) is 24.3 Å². The fourth-order valence-corrected chi connectivity index (χ4v) is 4.73. The van der Waals surface area contributed by atoms with Crippen LogP contribution in [0.1, 0.15) is 18.1 Å². The number of hydrogen-bond donors (Lipinski definition) is 2. The molecule has 2 aromatic carbocycles. The number of amides is 1. The summed E-state index contributed by atoms with van der Waals surface area (Å²) >= 11 is 0. The zero-order chi connectivity index (χ0) is 21.0. The van der Waals surface area contributed by atoms with Gasteiger partial charge >= 0.3 is 0 Å². The van der Waals surface area contributed by atoms with E-state index in [2.05, 4.69) is 23.8 Å². The van der Waals surface area contributed by atoms with Crippen LogP contribution in [0.2, 0.25) is 0 Å². The lowest BCUT2D eigenvalue weighted by Crippen LogP contribution is -3.13. The number of carbonyl (C=O) groups excluding carboxylic acids is 1. The number of rotatable bonds is 6. The molecule has 1 atom stereocenters. The molecule has 0 radical (unpaired) electrons. The lowest BCUT2D eigenvalue weighted by Gasteiger charge is -2.34. The second-order valence-electron chi connectivity index (χ2n) is 7.48. The monoisotopic (exact) mass is 420 g/mol. The standard InChI is InChI=1S/C21H26FN3O3S/c1-16-5-3-4-6-18(16)15-24-11-13-25(14-12-24)21(26)17(2)23-29(27,28)20-9-7-19(22)8-10-20/h3-10,17,23H,11-15H2,1-2H3/p+1/t17-/m0/s1. The van der Waals surface area contributed by atoms with Gasteiger partial charge in [0.1, 0.15) is 12.4 Å². The number of carbonyl (C=O) groups is 1. The summed E-state index contributed by atoms with van der Waals surface area (Å²) in [7, 11) is -3.89. The SMILES string of the molecule is Cc1ccccc1C[NH+]1CCN(C(=O)[C@H](C)NS(=O)(=O)c2ccc(F)cc2)CC1. The van der Waals surface area contributed by atoms with Gasteiger partial charge in [-0.25, -0.2) is 12.8 Å². The molecule has 1 amide bonds. The van der Waals surface area contributed by atoms with Crippen LogP contribution in [0.15, 0.2) is 53.4 Å². The molecule has 0 bridgehead atoms. The molecule has 0 spiro atoms. The smallest absolute Gasteiger partial charge is 0.241 e. The van der Waals surface area contributed by atoms with E-state index in [0.717, 1.165) is 31.8 Å². The second kappa shape index (κ2) is 9.02. The van der Waals surface area contributed by atoms with Crippen LogP contribution < -0.4 is 9.62 Å². The predicted octanol–water partition coefficient (Wildman–Crippen LogP) is 0.728. The summed E-state index contributed by atoms with van der Waals surface area (Å²) in [6.07, 6.45) is 0. The van der Waals surface area contributed by atoms with E-state index < -0.39 is 21.9 Å². The molecule has 1 fully saturated rings. The van der Waals surface area contributed by atoms with Crippen molar-refractivity contribution in [3.8, 4) is 0 Å². The van der Waals surface area contributed by atoms with Gasteiger partial charge < -0.3 is 9.80 Å². The van der Waals surface area contributed by atoms with E-state index in [4.69, 9.17) is 0 Å². The van der Waals surface area contributed by atoms with Crippen molar-refractivity contribution in [3.63, 3.8) is 0 Å². The summed E-state index contributed by atoms with van der Waals surface area (Å²) in [5, 5.41) is 0. The number of halogens is 1. The topological polar surface area (TPSA) is 70.9 Å². The number of nitrogens with zero attached hydrogens (tertiary/aromatic N) is 1. The third-order valence-electron chi connectivity index (χ3n) is 5.31. The van der Waals surface area contributed by atoms with Crippen molar-refractivity contribution in [3.05, 3.63) is 65.5 Å². The molecule has 1 saturated heterocycles. The molecule has 0 saturated carbocycles. The summed E-state index contributed by atoms with van der Waals surface area (Å²) in [5.41, 5.74) is 2.57. The Bertz CT molecular complexity index is 955. The van der Waals surface area contributed by atoms with Gasteiger partial charge in [-0.05, 0) is 43.7 Å². The van der Waals surface area contributed by atoms with Crippen LogP contribution in [-0.4, -0.2) is 51.4 Å². The van der Waals surface area contributed by atoms with E-state index >= 15 is 0 Å². The molecule has 0 aliphatic carbocycles. The van der Waals surface area contributed by atoms with Gasteiger partial charge in [0, 0.05) is 5.56 Å². The highest BCUT2D eigenvalue weighted by molar-refractivity contribution is 7.89. The number of quaternary nitrogens is 1. The van der Waals surface area contributed by atoms with Gasteiger partial charge in [0.25, 0.3) is 0 Å².